The maximum Gasteiger partial charge on any atom is 0.303 e. The first kappa shape index (κ1) is 31.3. The fraction of sp³-hybridized carbons (Fsp3) is 0.438. The molecule has 0 aliphatic carbocycles. The number of aryl methyl sites for hydroxylation is 1. The number of benzene rings is 2. The van der Waals surface area contributed by atoms with Crippen LogP contribution in [0.1, 0.15) is 49.6 Å². The van der Waals surface area contributed by atoms with Gasteiger partial charge < -0.3 is 30.0 Å². The van der Waals surface area contributed by atoms with Gasteiger partial charge in [0.15, 0.2) is 5.11 Å². The van der Waals surface area contributed by atoms with Crippen LogP contribution in [0.25, 0.3) is 22.0 Å². The van der Waals surface area contributed by atoms with Crippen molar-refractivity contribution in [1.82, 2.24) is 25.1 Å². The summed E-state index contributed by atoms with van der Waals surface area (Å²) in [4.78, 5) is 23.6. The molecule has 42 heavy (non-hydrogen) atoms. The lowest BCUT2D eigenvalue weighted by atomic mass is 10.1. The number of carbonyl (C=O) groups is 1. The molecule has 2 aromatic heterocycles. The highest BCUT2D eigenvalue weighted by Crippen LogP contribution is 2.28. The zero-order valence-corrected chi connectivity index (χ0v) is 25.7. The van der Waals surface area contributed by atoms with E-state index < -0.39 is 5.97 Å². The average molecular weight is 591 g/mol. The quantitative estimate of drug-likeness (QED) is 0.159. The van der Waals surface area contributed by atoms with Gasteiger partial charge in [-0.05, 0) is 75.9 Å². The third-order valence-corrected chi connectivity index (χ3v) is 7.75. The summed E-state index contributed by atoms with van der Waals surface area (Å²) >= 11 is 5.67. The fourth-order valence-electron chi connectivity index (χ4n) is 4.91. The van der Waals surface area contributed by atoms with Gasteiger partial charge in [0, 0.05) is 55.8 Å². The summed E-state index contributed by atoms with van der Waals surface area (Å²) in [5.41, 5.74) is 5.91. The summed E-state index contributed by atoms with van der Waals surface area (Å²) < 4.78 is 6.02. The predicted molar refractivity (Wildman–Crippen MR) is 173 cm³/mol. The summed E-state index contributed by atoms with van der Waals surface area (Å²) in [5.74, 6) is 0.277. The van der Waals surface area contributed by atoms with Crippen molar-refractivity contribution in [2.24, 2.45) is 0 Å². The van der Waals surface area contributed by atoms with E-state index in [1.54, 1.807) is 0 Å². The molecule has 1 fully saturated rings. The van der Waals surface area contributed by atoms with E-state index in [9.17, 15) is 4.79 Å². The number of fused-ring (bicyclic) bond motifs is 2. The third kappa shape index (κ3) is 8.95. The van der Waals surface area contributed by atoms with Gasteiger partial charge >= 0.3 is 5.97 Å². The van der Waals surface area contributed by atoms with Gasteiger partial charge in [-0.2, -0.15) is 0 Å². The van der Waals surface area contributed by atoms with Crippen molar-refractivity contribution in [3.63, 3.8) is 0 Å². The molecule has 0 amide bonds. The fourth-order valence-corrected chi connectivity index (χ4v) is 5.21. The number of piperazine rings is 1. The second kappa shape index (κ2) is 15.6. The Morgan fingerprint density at radius 3 is 2.60 bits per heavy atom. The van der Waals surface area contributed by atoms with Crippen LogP contribution in [0.4, 0.5) is 5.69 Å². The zero-order chi connectivity index (χ0) is 29.9. The summed E-state index contributed by atoms with van der Waals surface area (Å²) in [6.07, 6.45) is 5.99. The number of thiocarbonyl (C=S) groups is 1. The standard InChI is InChI=1S/C26H30N6OS.C6H12O2/c1-18-21(9-10-27-16-20-17-28-23-5-3-4-6-24(23)29-20)22-15-19(7-8-25(22)33-18)30-26(34)32-13-11-31(2)12-14-32;1-2-3-4-5-6(7)8/h3-8,15,17,27H,9-14,16H2,1-2H3,(H,30,34);2-5H2,1H3,(H,7,8). The molecule has 10 heteroatoms. The number of hydrogen-bond donors (Lipinski definition) is 3. The van der Waals surface area contributed by atoms with Gasteiger partial charge in [0.2, 0.25) is 0 Å². The van der Waals surface area contributed by atoms with Crippen LogP contribution < -0.4 is 10.6 Å². The molecule has 4 aromatic rings. The Balaban J connectivity index is 0.000000446. The van der Waals surface area contributed by atoms with Crippen LogP contribution in [0.2, 0.25) is 0 Å². The van der Waals surface area contributed by atoms with Crippen LogP contribution in [-0.4, -0.2) is 75.7 Å². The molecule has 0 unspecified atom stereocenters. The molecular weight excluding hydrogens is 548 g/mol. The first-order valence-electron chi connectivity index (χ1n) is 14.7. The van der Waals surface area contributed by atoms with Gasteiger partial charge in [-0.1, -0.05) is 31.9 Å². The third-order valence-electron chi connectivity index (χ3n) is 7.39. The lowest BCUT2D eigenvalue weighted by Gasteiger charge is -2.34. The number of unbranched alkanes of at least 4 members (excludes halogenated alkanes) is 2. The lowest BCUT2D eigenvalue weighted by Crippen LogP contribution is -2.48. The second-order valence-corrected chi connectivity index (χ2v) is 11.1. The molecule has 3 N–H and O–H groups in total. The smallest absolute Gasteiger partial charge is 0.303 e. The number of para-hydroxylation sites is 2. The number of aliphatic carboxylic acids is 1. The highest BCUT2D eigenvalue weighted by atomic mass is 32.1. The molecule has 0 bridgehead atoms. The molecule has 9 nitrogen and oxygen atoms in total. The first-order chi connectivity index (χ1) is 20.3. The number of nitrogens with zero attached hydrogens (tertiary/aromatic N) is 4. The van der Waals surface area contributed by atoms with Crippen LogP contribution in [0.5, 0.6) is 0 Å². The molecule has 224 valence electrons. The Morgan fingerprint density at radius 2 is 1.86 bits per heavy atom. The maximum atomic E-state index is 9.87. The first-order valence-corrected chi connectivity index (χ1v) is 15.1. The monoisotopic (exact) mass is 590 g/mol. The SMILES string of the molecule is CCCCCC(=O)O.Cc1oc2ccc(NC(=S)N3CCN(C)CC3)cc2c1CCNCc1cnc2ccccc2n1. The number of anilines is 1. The summed E-state index contributed by atoms with van der Waals surface area (Å²) in [5, 5.41) is 17.0. The minimum Gasteiger partial charge on any atom is -0.481 e. The largest absolute Gasteiger partial charge is 0.481 e. The van der Waals surface area contributed by atoms with E-state index in [-0.39, 0.29) is 0 Å². The molecule has 0 radical (unpaired) electrons. The second-order valence-electron chi connectivity index (χ2n) is 10.7. The molecule has 2 aromatic carbocycles. The Kier molecular flexibility index (Phi) is 11.6. The van der Waals surface area contributed by atoms with E-state index in [1.807, 2.05) is 49.5 Å². The number of hydrogen-bond acceptors (Lipinski definition) is 7. The van der Waals surface area contributed by atoms with Crippen LogP contribution >= 0.6 is 12.2 Å². The van der Waals surface area contributed by atoms with Crippen LogP contribution in [-0.2, 0) is 17.8 Å². The number of carboxylic acid groups (broad SMARTS) is 1. The van der Waals surface area contributed by atoms with Crippen LogP contribution in [0.3, 0.4) is 0 Å². The van der Waals surface area contributed by atoms with Crippen LogP contribution in [0, 0.1) is 6.92 Å². The van der Waals surface area contributed by atoms with Crippen molar-refractivity contribution in [3.8, 4) is 0 Å². The van der Waals surface area contributed by atoms with Gasteiger partial charge in [-0.15, -0.1) is 0 Å². The highest BCUT2D eigenvalue weighted by Gasteiger charge is 2.17. The molecule has 0 spiro atoms. The molecule has 0 saturated carbocycles. The number of aromatic nitrogens is 2. The number of nitrogens with one attached hydrogen (secondary N) is 2. The van der Waals surface area contributed by atoms with Gasteiger partial charge in [0.05, 0.1) is 22.9 Å². The van der Waals surface area contributed by atoms with Crippen molar-refractivity contribution in [1.29, 1.82) is 0 Å². The van der Waals surface area contributed by atoms with E-state index in [0.29, 0.717) is 13.0 Å². The molecule has 1 aliphatic rings. The Hall–Kier alpha value is -3.60. The normalized spacial score (nSPS) is 13.6. The minimum absolute atomic E-state index is 0.327. The number of rotatable bonds is 10. The van der Waals surface area contributed by atoms with E-state index in [2.05, 4.69) is 50.4 Å². The van der Waals surface area contributed by atoms with Gasteiger partial charge in [0.25, 0.3) is 0 Å². The average Bonchev–Trinajstić information content (AvgIpc) is 3.30. The van der Waals surface area contributed by atoms with Gasteiger partial charge in [-0.25, -0.2) is 4.98 Å². The minimum atomic E-state index is -0.682. The summed E-state index contributed by atoms with van der Waals surface area (Å²) in [7, 11) is 2.15. The Bertz CT molecular complexity index is 1480. The van der Waals surface area contributed by atoms with Crippen molar-refractivity contribution >= 4 is 51.0 Å². The number of carboxylic acids is 1. The molecule has 3 heterocycles. The van der Waals surface area contributed by atoms with Crippen molar-refractivity contribution in [3.05, 3.63) is 65.7 Å². The summed E-state index contributed by atoms with van der Waals surface area (Å²) in [6, 6.07) is 14.2. The maximum absolute atomic E-state index is 9.87. The molecule has 1 aliphatic heterocycles. The van der Waals surface area contributed by atoms with E-state index in [4.69, 9.17) is 21.7 Å². The zero-order valence-electron chi connectivity index (χ0n) is 24.9. The van der Waals surface area contributed by atoms with Crippen LogP contribution in [0.15, 0.2) is 53.1 Å². The lowest BCUT2D eigenvalue weighted by molar-refractivity contribution is -0.137. The van der Waals surface area contributed by atoms with Gasteiger partial charge in [-0.3, -0.25) is 9.78 Å². The number of furan rings is 1. The molecular formula is C32H42N6O3S. The molecule has 5 rings (SSSR count). The van der Waals surface area contributed by atoms with E-state index in [0.717, 1.165) is 103 Å². The molecule has 1 saturated heterocycles. The topological polar surface area (TPSA) is 107 Å². The Morgan fingerprint density at radius 1 is 1.10 bits per heavy atom. The summed E-state index contributed by atoms with van der Waals surface area (Å²) in [6.45, 7) is 9.56. The number of likely N-dealkylation sites (N-methyl/N-ethyl adjacent to an activating group) is 1. The van der Waals surface area contributed by atoms with E-state index >= 15 is 0 Å². The highest BCUT2D eigenvalue weighted by molar-refractivity contribution is 7.80. The predicted octanol–water partition coefficient (Wildman–Crippen LogP) is 5.61. The van der Waals surface area contributed by atoms with E-state index in [1.165, 1.54) is 5.56 Å². The molecule has 0 atom stereocenters. The van der Waals surface area contributed by atoms with Crippen molar-refractivity contribution in [2.45, 2.75) is 52.5 Å². The van der Waals surface area contributed by atoms with Gasteiger partial charge in [0.1, 0.15) is 11.3 Å². The van der Waals surface area contributed by atoms with Crippen molar-refractivity contribution in [2.75, 3.05) is 45.1 Å². The van der Waals surface area contributed by atoms with Crippen molar-refractivity contribution < 1.29 is 14.3 Å². The Labute approximate surface area is 253 Å².